The van der Waals surface area contributed by atoms with Gasteiger partial charge in [0.15, 0.2) is 0 Å². The molecule has 2 heterocycles. The Bertz CT molecular complexity index is 1040. The number of nitrogens with one attached hydrogen (secondary N) is 1. The van der Waals surface area contributed by atoms with Crippen molar-refractivity contribution in [3.05, 3.63) is 73.4 Å². The summed E-state index contributed by atoms with van der Waals surface area (Å²) in [7, 11) is 0. The molecule has 5 nitrogen and oxygen atoms in total. The molecule has 0 aliphatic carbocycles. The number of ether oxygens (including phenoxy) is 1. The van der Waals surface area contributed by atoms with Crippen LogP contribution in [0.25, 0.3) is 10.9 Å². The van der Waals surface area contributed by atoms with E-state index in [1.165, 1.54) is 4.57 Å². The van der Waals surface area contributed by atoms with Gasteiger partial charge < -0.3 is 9.72 Å². The van der Waals surface area contributed by atoms with E-state index in [0.29, 0.717) is 22.5 Å². The van der Waals surface area contributed by atoms with Crippen molar-refractivity contribution >= 4 is 22.5 Å². The number of rotatable bonds is 2. The minimum absolute atomic E-state index is 0.222. The Morgan fingerprint density at radius 2 is 2.04 bits per heavy atom. The van der Waals surface area contributed by atoms with E-state index in [-0.39, 0.29) is 12.1 Å². The quantitative estimate of drug-likeness (QED) is 0.785. The second-order valence-corrected chi connectivity index (χ2v) is 5.99. The van der Waals surface area contributed by atoms with Crippen molar-refractivity contribution in [2.45, 2.75) is 13.0 Å². The van der Waals surface area contributed by atoms with E-state index in [1.54, 1.807) is 18.2 Å². The van der Waals surface area contributed by atoms with Crippen molar-refractivity contribution in [3.8, 4) is 5.75 Å². The lowest BCUT2D eigenvalue weighted by molar-refractivity contribution is 0.357. The highest BCUT2D eigenvalue weighted by Gasteiger charge is 2.14. The maximum absolute atomic E-state index is 12.6. The highest BCUT2D eigenvalue weighted by Crippen LogP contribution is 2.26. The first kappa shape index (κ1) is 14.1. The first-order valence-corrected chi connectivity index (χ1v) is 7.66. The van der Waals surface area contributed by atoms with E-state index in [9.17, 15) is 9.59 Å². The normalized spacial score (nSPS) is 13.1. The standard InChI is InChI=1S/C17H13ClN2O3/c18-12-2-3-13-14(8-12)19-17(22)20(16(13)21)9-10-1-4-15-11(7-10)5-6-23-15/h1-4,7-8H,5-6,9H2,(H,19,22). The van der Waals surface area contributed by atoms with Gasteiger partial charge in [0.1, 0.15) is 5.75 Å². The number of hydrogen-bond acceptors (Lipinski definition) is 3. The van der Waals surface area contributed by atoms with Crippen LogP contribution in [0.15, 0.2) is 46.0 Å². The summed E-state index contributed by atoms with van der Waals surface area (Å²) in [5.41, 5.74) is 1.69. The third kappa shape index (κ3) is 2.43. The van der Waals surface area contributed by atoms with Crippen molar-refractivity contribution in [2.75, 3.05) is 6.61 Å². The molecule has 116 valence electrons. The van der Waals surface area contributed by atoms with Crippen molar-refractivity contribution in [2.24, 2.45) is 0 Å². The third-order valence-electron chi connectivity index (χ3n) is 4.04. The molecule has 6 heteroatoms. The zero-order valence-corrected chi connectivity index (χ0v) is 12.9. The molecule has 1 aliphatic heterocycles. The lowest BCUT2D eigenvalue weighted by atomic mass is 10.1. The van der Waals surface area contributed by atoms with Crippen LogP contribution >= 0.6 is 11.6 Å². The first-order chi connectivity index (χ1) is 11.1. The van der Waals surface area contributed by atoms with Crippen molar-refractivity contribution < 1.29 is 4.74 Å². The molecule has 4 rings (SSSR count). The van der Waals surface area contributed by atoms with E-state index in [1.807, 2.05) is 18.2 Å². The largest absolute Gasteiger partial charge is 0.493 e. The SMILES string of the molecule is O=c1[nH]c2cc(Cl)ccc2c(=O)n1Cc1ccc2c(c1)CCO2. The van der Waals surface area contributed by atoms with Crippen LogP contribution in [-0.4, -0.2) is 16.2 Å². The molecule has 0 spiro atoms. The average molecular weight is 329 g/mol. The van der Waals surface area contributed by atoms with Crippen molar-refractivity contribution in [1.29, 1.82) is 0 Å². The van der Waals surface area contributed by atoms with Gasteiger partial charge in [-0.15, -0.1) is 0 Å². The number of halogens is 1. The lowest BCUT2D eigenvalue weighted by Crippen LogP contribution is -2.35. The van der Waals surface area contributed by atoms with Crippen LogP contribution in [0.3, 0.4) is 0 Å². The summed E-state index contributed by atoms with van der Waals surface area (Å²) in [4.78, 5) is 27.5. The Balaban J connectivity index is 1.81. The fourth-order valence-corrected chi connectivity index (χ4v) is 3.06. The Morgan fingerprint density at radius 1 is 1.17 bits per heavy atom. The molecule has 1 aliphatic rings. The van der Waals surface area contributed by atoms with Crippen molar-refractivity contribution in [3.63, 3.8) is 0 Å². The Labute approximate surface area is 136 Å². The first-order valence-electron chi connectivity index (χ1n) is 7.29. The highest BCUT2D eigenvalue weighted by molar-refractivity contribution is 6.31. The topological polar surface area (TPSA) is 64.1 Å². The van der Waals surface area contributed by atoms with Gasteiger partial charge in [-0.3, -0.25) is 9.36 Å². The predicted molar refractivity (Wildman–Crippen MR) is 88.6 cm³/mol. The summed E-state index contributed by atoms with van der Waals surface area (Å²) in [6.07, 6.45) is 0.852. The van der Waals surface area contributed by atoms with Gasteiger partial charge in [0.25, 0.3) is 5.56 Å². The van der Waals surface area contributed by atoms with Crippen LogP contribution in [0.4, 0.5) is 0 Å². The maximum atomic E-state index is 12.6. The van der Waals surface area contributed by atoms with Gasteiger partial charge in [0, 0.05) is 11.4 Å². The van der Waals surface area contributed by atoms with Crippen LogP contribution in [0.5, 0.6) is 5.75 Å². The number of aromatic amines is 1. The predicted octanol–water partition coefficient (Wildman–Crippen LogP) is 2.33. The Hall–Kier alpha value is -2.53. The van der Waals surface area contributed by atoms with Gasteiger partial charge in [-0.25, -0.2) is 4.79 Å². The van der Waals surface area contributed by atoms with Crippen LogP contribution in [0.2, 0.25) is 5.02 Å². The van der Waals surface area contributed by atoms with Gasteiger partial charge in [-0.2, -0.15) is 0 Å². The van der Waals surface area contributed by atoms with Crippen LogP contribution < -0.4 is 16.0 Å². The summed E-state index contributed by atoms with van der Waals surface area (Å²) in [5, 5.41) is 0.919. The number of fused-ring (bicyclic) bond motifs is 2. The molecule has 0 saturated carbocycles. The van der Waals surface area contributed by atoms with Gasteiger partial charge in [0.2, 0.25) is 0 Å². The summed E-state index contributed by atoms with van der Waals surface area (Å²) in [6.45, 7) is 0.899. The molecule has 23 heavy (non-hydrogen) atoms. The number of nitrogens with zero attached hydrogens (tertiary/aromatic N) is 1. The van der Waals surface area contributed by atoms with Gasteiger partial charge >= 0.3 is 5.69 Å². The summed E-state index contributed by atoms with van der Waals surface area (Å²) in [5.74, 6) is 0.878. The van der Waals surface area contributed by atoms with Crippen LogP contribution in [0.1, 0.15) is 11.1 Å². The molecular weight excluding hydrogens is 316 g/mol. The fourth-order valence-electron chi connectivity index (χ4n) is 2.89. The van der Waals surface area contributed by atoms with E-state index < -0.39 is 5.69 Å². The molecule has 0 fully saturated rings. The molecule has 0 radical (unpaired) electrons. The van der Waals surface area contributed by atoms with E-state index in [2.05, 4.69) is 4.98 Å². The highest BCUT2D eigenvalue weighted by atomic mass is 35.5. The second-order valence-electron chi connectivity index (χ2n) is 5.55. The van der Waals surface area contributed by atoms with Crippen LogP contribution in [0, 0.1) is 0 Å². The molecule has 0 unspecified atom stereocenters. The van der Waals surface area contributed by atoms with Gasteiger partial charge in [-0.1, -0.05) is 23.7 Å². The molecule has 1 N–H and O–H groups in total. The maximum Gasteiger partial charge on any atom is 0.329 e. The third-order valence-corrected chi connectivity index (χ3v) is 4.27. The van der Waals surface area contributed by atoms with Crippen LogP contribution in [-0.2, 0) is 13.0 Å². The minimum Gasteiger partial charge on any atom is -0.493 e. The number of aromatic nitrogens is 2. The molecule has 1 aromatic heterocycles. The summed E-state index contributed by atoms with van der Waals surface area (Å²) in [6, 6.07) is 10.6. The zero-order valence-electron chi connectivity index (χ0n) is 12.1. The number of hydrogen-bond donors (Lipinski definition) is 1. The Morgan fingerprint density at radius 3 is 2.91 bits per heavy atom. The summed E-state index contributed by atoms with van der Waals surface area (Å²) < 4.78 is 6.67. The van der Waals surface area contributed by atoms with E-state index in [0.717, 1.165) is 23.3 Å². The smallest absolute Gasteiger partial charge is 0.329 e. The molecule has 3 aromatic rings. The van der Waals surface area contributed by atoms with Crippen molar-refractivity contribution in [1.82, 2.24) is 9.55 Å². The molecule has 0 amide bonds. The Kier molecular flexibility index (Phi) is 3.23. The van der Waals surface area contributed by atoms with E-state index in [4.69, 9.17) is 16.3 Å². The fraction of sp³-hybridized carbons (Fsp3) is 0.176. The van der Waals surface area contributed by atoms with E-state index >= 15 is 0 Å². The number of benzene rings is 2. The summed E-state index contributed by atoms with van der Waals surface area (Å²) >= 11 is 5.90. The second kappa shape index (κ2) is 5.28. The minimum atomic E-state index is -0.443. The van der Waals surface area contributed by atoms with Gasteiger partial charge in [0.05, 0.1) is 24.1 Å². The lowest BCUT2D eigenvalue weighted by Gasteiger charge is -2.08. The average Bonchev–Trinajstić information content (AvgIpc) is 2.98. The monoisotopic (exact) mass is 328 g/mol. The molecule has 0 atom stereocenters. The number of H-pyrrole nitrogens is 1. The van der Waals surface area contributed by atoms with Gasteiger partial charge in [-0.05, 0) is 35.4 Å². The molecule has 0 saturated heterocycles. The molecular formula is C17H13ClN2O3. The zero-order chi connectivity index (χ0) is 16.0. The molecule has 0 bridgehead atoms. The molecule has 2 aromatic carbocycles.